The monoisotopic (exact) mass is 252 g/mol. The topological polar surface area (TPSA) is 38.0 Å². The summed E-state index contributed by atoms with van der Waals surface area (Å²) in [5.74, 6) is 5.08. The van der Waals surface area contributed by atoms with E-state index in [0.717, 1.165) is 5.56 Å². The predicted molar refractivity (Wildman–Crippen MR) is 56.9 cm³/mol. The van der Waals surface area contributed by atoms with Crippen molar-refractivity contribution in [3.63, 3.8) is 0 Å². The van der Waals surface area contributed by atoms with E-state index in [-0.39, 0.29) is 6.42 Å². The first-order valence-corrected chi connectivity index (χ1v) is 5.06. The Morgan fingerprint density at radius 3 is 2.25 bits per heavy atom. The van der Waals surface area contributed by atoms with Crippen LogP contribution in [0.3, 0.4) is 0 Å². The van der Waals surface area contributed by atoms with E-state index in [1.54, 1.807) is 24.3 Å². The molecule has 6 heteroatoms. The van der Waals surface area contributed by atoms with Gasteiger partial charge in [-0.15, -0.1) is 0 Å². The molecular weight excluding hydrogens is 241 g/mol. The van der Waals surface area contributed by atoms with Crippen molar-refractivity contribution in [3.05, 3.63) is 34.9 Å². The lowest BCUT2D eigenvalue weighted by Gasteiger charge is -2.17. The van der Waals surface area contributed by atoms with Gasteiger partial charge in [0.2, 0.25) is 0 Å². The molecule has 0 heterocycles. The summed E-state index contributed by atoms with van der Waals surface area (Å²) < 4.78 is 36.4. The Morgan fingerprint density at radius 1 is 1.25 bits per heavy atom. The average molecular weight is 253 g/mol. The minimum absolute atomic E-state index is 0.215. The summed E-state index contributed by atoms with van der Waals surface area (Å²) in [6.07, 6.45) is -4.96. The molecule has 0 radical (unpaired) electrons. The third-order valence-electron chi connectivity index (χ3n) is 2.11. The Bertz CT molecular complexity index is 324. The number of hydrazine groups is 1. The number of nitrogens with two attached hydrogens (primary N) is 1. The molecule has 0 aliphatic carbocycles. The van der Waals surface area contributed by atoms with Crippen molar-refractivity contribution in [2.75, 3.05) is 0 Å². The maximum atomic E-state index is 12.1. The van der Waals surface area contributed by atoms with Crippen LogP contribution in [0.1, 0.15) is 12.0 Å². The van der Waals surface area contributed by atoms with Gasteiger partial charge in [0, 0.05) is 11.1 Å². The van der Waals surface area contributed by atoms with E-state index in [1.165, 1.54) is 0 Å². The molecular formula is C10H12ClF3N2. The highest BCUT2D eigenvalue weighted by atomic mass is 35.5. The van der Waals surface area contributed by atoms with Crippen LogP contribution in [0.5, 0.6) is 0 Å². The standard InChI is InChI=1S/C10H12ClF3N2/c11-8-3-1-7(2-4-8)5-9(16-15)6-10(12,13)14/h1-4,9,16H,5-6,15H2. The average Bonchev–Trinajstić information content (AvgIpc) is 2.18. The Labute approximate surface area is 96.6 Å². The lowest BCUT2D eigenvalue weighted by Crippen LogP contribution is -2.40. The van der Waals surface area contributed by atoms with Gasteiger partial charge in [0.05, 0.1) is 6.42 Å². The molecule has 1 aromatic rings. The maximum Gasteiger partial charge on any atom is 0.390 e. The third-order valence-corrected chi connectivity index (χ3v) is 2.36. The predicted octanol–water partition coefficient (Wildman–Crippen LogP) is 2.67. The van der Waals surface area contributed by atoms with Crippen molar-refractivity contribution >= 4 is 11.6 Å². The molecule has 16 heavy (non-hydrogen) atoms. The number of benzene rings is 1. The van der Waals surface area contributed by atoms with Crippen LogP contribution in [0.25, 0.3) is 0 Å². The second-order valence-corrected chi connectivity index (χ2v) is 3.95. The van der Waals surface area contributed by atoms with E-state index in [9.17, 15) is 13.2 Å². The van der Waals surface area contributed by atoms with Crippen molar-refractivity contribution < 1.29 is 13.2 Å². The second kappa shape index (κ2) is 5.52. The number of hydrogen-bond acceptors (Lipinski definition) is 2. The van der Waals surface area contributed by atoms with Crippen LogP contribution in [0.4, 0.5) is 13.2 Å². The van der Waals surface area contributed by atoms with Crippen LogP contribution >= 0.6 is 11.6 Å². The lowest BCUT2D eigenvalue weighted by atomic mass is 10.0. The molecule has 0 fully saturated rings. The van der Waals surface area contributed by atoms with Crippen LogP contribution < -0.4 is 11.3 Å². The molecule has 1 rings (SSSR count). The first kappa shape index (κ1) is 13.3. The van der Waals surface area contributed by atoms with Crippen molar-refractivity contribution in [2.45, 2.75) is 25.1 Å². The Hall–Kier alpha value is -0.780. The fourth-order valence-corrected chi connectivity index (χ4v) is 1.50. The normalized spacial score (nSPS) is 13.8. The summed E-state index contributed by atoms with van der Waals surface area (Å²) in [6.45, 7) is 0. The van der Waals surface area contributed by atoms with Gasteiger partial charge in [-0.05, 0) is 24.1 Å². The lowest BCUT2D eigenvalue weighted by molar-refractivity contribution is -0.140. The quantitative estimate of drug-likeness (QED) is 0.639. The Morgan fingerprint density at radius 2 is 1.81 bits per heavy atom. The zero-order valence-corrected chi connectivity index (χ0v) is 9.15. The molecule has 1 atom stereocenters. The Kier molecular flexibility index (Phi) is 4.58. The van der Waals surface area contributed by atoms with Gasteiger partial charge < -0.3 is 0 Å². The van der Waals surface area contributed by atoms with E-state index < -0.39 is 18.6 Å². The molecule has 0 saturated heterocycles. The fraction of sp³-hybridized carbons (Fsp3) is 0.400. The molecule has 0 amide bonds. The smallest absolute Gasteiger partial charge is 0.271 e. The van der Waals surface area contributed by atoms with Crippen LogP contribution in [-0.2, 0) is 6.42 Å². The first-order valence-electron chi connectivity index (χ1n) is 4.68. The summed E-state index contributed by atoms with van der Waals surface area (Å²) >= 11 is 5.67. The van der Waals surface area contributed by atoms with Gasteiger partial charge in [-0.3, -0.25) is 11.3 Å². The van der Waals surface area contributed by atoms with E-state index in [0.29, 0.717) is 5.02 Å². The summed E-state index contributed by atoms with van der Waals surface area (Å²) in [5.41, 5.74) is 2.93. The highest BCUT2D eigenvalue weighted by Crippen LogP contribution is 2.23. The molecule has 0 aromatic heterocycles. The largest absolute Gasteiger partial charge is 0.390 e. The summed E-state index contributed by atoms with van der Waals surface area (Å²) in [6, 6.07) is 5.82. The van der Waals surface area contributed by atoms with Crippen LogP contribution in [-0.4, -0.2) is 12.2 Å². The summed E-state index contributed by atoms with van der Waals surface area (Å²) in [7, 11) is 0. The molecule has 2 nitrogen and oxygen atoms in total. The van der Waals surface area contributed by atoms with Gasteiger partial charge >= 0.3 is 6.18 Å². The van der Waals surface area contributed by atoms with Gasteiger partial charge in [0.1, 0.15) is 0 Å². The minimum Gasteiger partial charge on any atom is -0.271 e. The van der Waals surface area contributed by atoms with Gasteiger partial charge in [-0.25, -0.2) is 0 Å². The molecule has 0 saturated carbocycles. The van der Waals surface area contributed by atoms with Crippen molar-refractivity contribution in [1.29, 1.82) is 0 Å². The zero-order chi connectivity index (χ0) is 12.2. The molecule has 0 bridgehead atoms. The number of halogens is 4. The second-order valence-electron chi connectivity index (χ2n) is 3.51. The molecule has 1 unspecified atom stereocenters. The first-order chi connectivity index (χ1) is 7.40. The van der Waals surface area contributed by atoms with E-state index in [1.807, 2.05) is 0 Å². The zero-order valence-electron chi connectivity index (χ0n) is 8.39. The molecule has 1 aromatic carbocycles. The SMILES string of the molecule is NNC(Cc1ccc(Cl)cc1)CC(F)(F)F. The van der Waals surface area contributed by atoms with Crippen LogP contribution in [0.2, 0.25) is 5.02 Å². The van der Waals surface area contributed by atoms with Crippen molar-refractivity contribution in [3.8, 4) is 0 Å². The molecule has 0 aliphatic heterocycles. The van der Waals surface area contributed by atoms with Gasteiger partial charge in [-0.2, -0.15) is 13.2 Å². The van der Waals surface area contributed by atoms with Crippen LogP contribution in [0, 0.1) is 0 Å². The highest BCUT2D eigenvalue weighted by molar-refractivity contribution is 6.30. The molecule has 90 valence electrons. The summed E-state index contributed by atoms with van der Waals surface area (Å²) in [4.78, 5) is 0. The minimum atomic E-state index is -4.22. The third kappa shape index (κ3) is 4.83. The van der Waals surface area contributed by atoms with Crippen molar-refractivity contribution in [1.82, 2.24) is 5.43 Å². The fourth-order valence-electron chi connectivity index (χ4n) is 1.37. The van der Waals surface area contributed by atoms with Crippen LogP contribution in [0.15, 0.2) is 24.3 Å². The van der Waals surface area contributed by atoms with Gasteiger partial charge in [0.15, 0.2) is 0 Å². The number of rotatable bonds is 4. The molecule has 3 N–H and O–H groups in total. The van der Waals surface area contributed by atoms with E-state index in [2.05, 4.69) is 5.43 Å². The molecule has 0 spiro atoms. The van der Waals surface area contributed by atoms with Crippen molar-refractivity contribution in [2.24, 2.45) is 5.84 Å². The van der Waals surface area contributed by atoms with E-state index >= 15 is 0 Å². The van der Waals surface area contributed by atoms with E-state index in [4.69, 9.17) is 17.4 Å². The van der Waals surface area contributed by atoms with Gasteiger partial charge in [-0.1, -0.05) is 23.7 Å². The number of nitrogens with one attached hydrogen (secondary N) is 1. The molecule has 0 aliphatic rings. The van der Waals surface area contributed by atoms with Gasteiger partial charge in [0.25, 0.3) is 0 Å². The number of hydrogen-bond donors (Lipinski definition) is 2. The summed E-state index contributed by atoms with van der Waals surface area (Å²) in [5, 5.41) is 0.553. The Balaban J connectivity index is 2.60. The maximum absolute atomic E-state index is 12.1. The number of alkyl halides is 3. The highest BCUT2D eigenvalue weighted by Gasteiger charge is 2.31.